The van der Waals surface area contributed by atoms with Gasteiger partial charge in [-0.25, -0.2) is 4.79 Å². The summed E-state index contributed by atoms with van der Waals surface area (Å²) in [6, 6.07) is 8.48. The van der Waals surface area contributed by atoms with Gasteiger partial charge in [0.15, 0.2) is 0 Å². The predicted molar refractivity (Wildman–Crippen MR) is 78.1 cm³/mol. The van der Waals surface area contributed by atoms with E-state index in [1.165, 1.54) is 5.56 Å². The summed E-state index contributed by atoms with van der Waals surface area (Å²) < 4.78 is 5.37. The summed E-state index contributed by atoms with van der Waals surface area (Å²) >= 11 is 0. The SMILES string of the molecule is CCc1ccc(COC(=O)N(C(C)C)C(C)C)cc1. The molecule has 0 aliphatic rings. The van der Waals surface area contributed by atoms with Crippen LogP contribution in [0.25, 0.3) is 0 Å². The van der Waals surface area contributed by atoms with Crippen LogP contribution >= 0.6 is 0 Å². The van der Waals surface area contributed by atoms with Crippen molar-refractivity contribution in [3.63, 3.8) is 0 Å². The van der Waals surface area contributed by atoms with Crippen molar-refractivity contribution in [3.8, 4) is 0 Å². The molecule has 0 saturated heterocycles. The number of ether oxygens (including phenoxy) is 1. The Morgan fingerprint density at radius 3 is 1.95 bits per heavy atom. The molecule has 0 unspecified atom stereocenters. The highest BCUT2D eigenvalue weighted by Crippen LogP contribution is 2.11. The topological polar surface area (TPSA) is 29.5 Å². The second kappa shape index (κ2) is 7.17. The van der Waals surface area contributed by atoms with Gasteiger partial charge in [0.25, 0.3) is 0 Å². The first-order valence-electron chi connectivity index (χ1n) is 6.98. The molecule has 0 N–H and O–H groups in total. The third-order valence-corrected chi connectivity index (χ3v) is 3.12. The van der Waals surface area contributed by atoms with Crippen molar-refractivity contribution in [2.75, 3.05) is 0 Å². The molecule has 1 rings (SSSR count). The second-order valence-electron chi connectivity index (χ2n) is 5.32. The molecule has 19 heavy (non-hydrogen) atoms. The van der Waals surface area contributed by atoms with E-state index in [1.807, 2.05) is 39.8 Å². The molecule has 0 aliphatic heterocycles. The number of hydrogen-bond donors (Lipinski definition) is 0. The molecular weight excluding hydrogens is 238 g/mol. The average Bonchev–Trinajstić information content (AvgIpc) is 2.36. The molecule has 1 amide bonds. The van der Waals surface area contributed by atoms with E-state index in [0.717, 1.165) is 12.0 Å². The minimum atomic E-state index is -0.246. The molecule has 1 aromatic carbocycles. The van der Waals surface area contributed by atoms with Gasteiger partial charge in [-0.2, -0.15) is 0 Å². The summed E-state index contributed by atoms with van der Waals surface area (Å²) in [6.45, 7) is 10.4. The molecule has 106 valence electrons. The summed E-state index contributed by atoms with van der Waals surface area (Å²) in [5.74, 6) is 0. The van der Waals surface area contributed by atoms with E-state index in [2.05, 4.69) is 19.1 Å². The summed E-state index contributed by atoms with van der Waals surface area (Å²) in [5, 5.41) is 0. The van der Waals surface area contributed by atoms with Crippen molar-refractivity contribution >= 4 is 6.09 Å². The van der Waals surface area contributed by atoms with Gasteiger partial charge in [-0.1, -0.05) is 31.2 Å². The van der Waals surface area contributed by atoms with Crippen molar-refractivity contribution in [3.05, 3.63) is 35.4 Å². The van der Waals surface area contributed by atoms with Crippen LogP contribution in [0.15, 0.2) is 24.3 Å². The van der Waals surface area contributed by atoms with E-state index in [1.54, 1.807) is 4.90 Å². The van der Waals surface area contributed by atoms with Crippen LogP contribution in [0.2, 0.25) is 0 Å². The largest absolute Gasteiger partial charge is 0.445 e. The standard InChI is InChI=1S/C16H25NO2/c1-6-14-7-9-15(10-8-14)11-19-16(18)17(12(2)3)13(4)5/h7-10,12-13H,6,11H2,1-5H3. The number of nitrogens with zero attached hydrogens (tertiary/aromatic N) is 1. The predicted octanol–water partition coefficient (Wildman–Crippen LogP) is 4.00. The first-order chi connectivity index (χ1) is 8.95. The van der Waals surface area contributed by atoms with Crippen LogP contribution in [0.5, 0.6) is 0 Å². The van der Waals surface area contributed by atoms with E-state index in [4.69, 9.17) is 4.74 Å². The summed E-state index contributed by atoms with van der Waals surface area (Å²) in [6.07, 6.45) is 0.777. The summed E-state index contributed by atoms with van der Waals surface area (Å²) in [5.41, 5.74) is 2.32. The number of aryl methyl sites for hydroxylation is 1. The fourth-order valence-electron chi connectivity index (χ4n) is 2.11. The van der Waals surface area contributed by atoms with Crippen LogP contribution in [-0.2, 0) is 17.8 Å². The number of carbonyl (C=O) groups is 1. The van der Waals surface area contributed by atoms with Crippen molar-refractivity contribution in [1.29, 1.82) is 0 Å². The van der Waals surface area contributed by atoms with E-state index in [9.17, 15) is 4.79 Å². The van der Waals surface area contributed by atoms with Crippen LogP contribution in [0, 0.1) is 0 Å². The Bertz CT molecular complexity index is 388. The molecule has 0 aliphatic carbocycles. The zero-order chi connectivity index (χ0) is 14.4. The summed E-state index contributed by atoms with van der Waals surface area (Å²) in [7, 11) is 0. The van der Waals surface area contributed by atoms with Crippen LogP contribution in [0.3, 0.4) is 0 Å². The van der Waals surface area contributed by atoms with Gasteiger partial charge in [0, 0.05) is 12.1 Å². The Morgan fingerprint density at radius 1 is 1.05 bits per heavy atom. The number of benzene rings is 1. The fourth-order valence-corrected chi connectivity index (χ4v) is 2.11. The van der Waals surface area contributed by atoms with Crippen molar-refractivity contribution < 1.29 is 9.53 Å². The van der Waals surface area contributed by atoms with E-state index in [0.29, 0.717) is 6.61 Å². The molecule has 0 aromatic heterocycles. The van der Waals surface area contributed by atoms with Gasteiger partial charge in [0.1, 0.15) is 6.61 Å². The zero-order valence-electron chi connectivity index (χ0n) is 12.6. The van der Waals surface area contributed by atoms with Gasteiger partial charge in [0.2, 0.25) is 0 Å². The Hall–Kier alpha value is -1.51. The van der Waals surface area contributed by atoms with Gasteiger partial charge in [-0.15, -0.1) is 0 Å². The van der Waals surface area contributed by atoms with Crippen molar-refractivity contribution in [2.45, 2.75) is 59.7 Å². The molecule has 0 bridgehead atoms. The molecule has 0 atom stereocenters. The quantitative estimate of drug-likeness (QED) is 0.803. The highest BCUT2D eigenvalue weighted by molar-refractivity contribution is 5.68. The Labute approximate surface area is 116 Å². The zero-order valence-corrected chi connectivity index (χ0v) is 12.6. The van der Waals surface area contributed by atoms with Gasteiger partial charge >= 0.3 is 6.09 Å². The molecule has 0 heterocycles. The number of amides is 1. The normalized spacial score (nSPS) is 10.9. The molecule has 0 radical (unpaired) electrons. The number of carbonyl (C=O) groups excluding carboxylic acids is 1. The minimum absolute atomic E-state index is 0.148. The molecule has 3 nitrogen and oxygen atoms in total. The van der Waals surface area contributed by atoms with Crippen molar-refractivity contribution in [1.82, 2.24) is 4.90 Å². The van der Waals surface area contributed by atoms with Crippen LogP contribution < -0.4 is 0 Å². The second-order valence-corrected chi connectivity index (χ2v) is 5.32. The highest BCUT2D eigenvalue weighted by atomic mass is 16.6. The lowest BCUT2D eigenvalue weighted by atomic mass is 10.1. The van der Waals surface area contributed by atoms with E-state index < -0.39 is 0 Å². The third kappa shape index (κ3) is 4.58. The van der Waals surface area contributed by atoms with Gasteiger partial charge in [-0.05, 0) is 45.2 Å². The maximum atomic E-state index is 12.0. The Morgan fingerprint density at radius 2 is 1.53 bits per heavy atom. The summed E-state index contributed by atoms with van der Waals surface area (Å²) in [4.78, 5) is 13.8. The molecule has 3 heteroatoms. The number of hydrogen-bond acceptors (Lipinski definition) is 2. The lowest BCUT2D eigenvalue weighted by Gasteiger charge is -2.29. The van der Waals surface area contributed by atoms with Crippen LogP contribution in [0.4, 0.5) is 4.79 Å². The van der Waals surface area contributed by atoms with Crippen LogP contribution in [0.1, 0.15) is 45.7 Å². The lowest BCUT2D eigenvalue weighted by molar-refractivity contribution is 0.0738. The molecule has 0 saturated carbocycles. The first kappa shape index (κ1) is 15.5. The van der Waals surface area contributed by atoms with E-state index >= 15 is 0 Å². The monoisotopic (exact) mass is 263 g/mol. The number of rotatable bonds is 5. The molecule has 1 aromatic rings. The molecule has 0 spiro atoms. The first-order valence-corrected chi connectivity index (χ1v) is 6.98. The Balaban J connectivity index is 2.57. The molecular formula is C16H25NO2. The minimum Gasteiger partial charge on any atom is -0.445 e. The third-order valence-electron chi connectivity index (χ3n) is 3.12. The van der Waals surface area contributed by atoms with Gasteiger partial charge in [0.05, 0.1) is 0 Å². The average molecular weight is 263 g/mol. The van der Waals surface area contributed by atoms with Crippen LogP contribution in [-0.4, -0.2) is 23.1 Å². The van der Waals surface area contributed by atoms with Gasteiger partial charge < -0.3 is 9.64 Å². The smallest absolute Gasteiger partial charge is 0.410 e. The van der Waals surface area contributed by atoms with Gasteiger partial charge in [-0.3, -0.25) is 0 Å². The van der Waals surface area contributed by atoms with Crippen molar-refractivity contribution in [2.24, 2.45) is 0 Å². The Kier molecular flexibility index (Phi) is 5.87. The maximum Gasteiger partial charge on any atom is 0.410 e. The maximum absolute atomic E-state index is 12.0. The highest BCUT2D eigenvalue weighted by Gasteiger charge is 2.21. The lowest BCUT2D eigenvalue weighted by Crippen LogP contribution is -2.42. The molecule has 0 fully saturated rings. The van der Waals surface area contributed by atoms with E-state index in [-0.39, 0.29) is 18.2 Å². The fraction of sp³-hybridized carbons (Fsp3) is 0.562.